The molecule has 0 saturated heterocycles. The van der Waals surface area contributed by atoms with Gasteiger partial charge in [0.05, 0.1) is 51.9 Å². The first-order valence-corrected chi connectivity index (χ1v) is 13.3. The monoisotopic (exact) mass is 523 g/mol. The normalized spacial score (nSPS) is 11.2. The lowest BCUT2D eigenvalue weighted by Crippen LogP contribution is -2.11. The van der Waals surface area contributed by atoms with E-state index in [-0.39, 0.29) is 5.75 Å². The Morgan fingerprint density at radius 3 is 2.08 bits per heavy atom. The maximum Gasteiger partial charge on any atom is 0.123 e. The van der Waals surface area contributed by atoms with Gasteiger partial charge in [-0.2, -0.15) is 0 Å². The fourth-order valence-corrected chi connectivity index (χ4v) is 3.94. The zero-order chi connectivity index (χ0) is 26.8. The van der Waals surface area contributed by atoms with Gasteiger partial charge in [0.2, 0.25) is 0 Å². The fraction of sp³-hybridized carbons (Fsp3) is 0.452. The molecule has 0 aliphatic heterocycles. The van der Waals surface area contributed by atoms with Gasteiger partial charge >= 0.3 is 0 Å². The van der Waals surface area contributed by atoms with Crippen molar-refractivity contribution in [3.05, 3.63) is 72.1 Å². The Morgan fingerprint density at radius 2 is 1.34 bits per heavy atom. The maximum atomic E-state index is 10.5. The van der Waals surface area contributed by atoms with Crippen molar-refractivity contribution in [2.75, 3.05) is 60.0 Å². The molecule has 0 saturated carbocycles. The number of methoxy groups -OCH3 is 1. The van der Waals surface area contributed by atoms with Gasteiger partial charge in [-0.25, -0.2) is 0 Å². The highest BCUT2D eigenvalue weighted by Gasteiger charge is 2.09. The van der Waals surface area contributed by atoms with E-state index < -0.39 is 0 Å². The van der Waals surface area contributed by atoms with Crippen LogP contribution in [0.2, 0.25) is 0 Å². The molecule has 0 aliphatic rings. The minimum atomic E-state index is 0.250. The SMILES string of the molecule is COCCOCCOCCOCCCCCOCc1cc(-c2cc(-c3cccc(C)c3)ccc2O)ccn1. The molecule has 7 heteroatoms. The Bertz CT molecular complexity index is 1070. The largest absolute Gasteiger partial charge is 0.507 e. The first-order chi connectivity index (χ1) is 18.7. The third-order valence-electron chi connectivity index (χ3n) is 5.98. The van der Waals surface area contributed by atoms with E-state index in [0.29, 0.717) is 52.9 Å². The molecular weight excluding hydrogens is 482 g/mol. The predicted octanol–water partition coefficient (Wildman–Crippen LogP) is 5.81. The summed E-state index contributed by atoms with van der Waals surface area (Å²) in [5, 5.41) is 10.5. The summed E-state index contributed by atoms with van der Waals surface area (Å²) in [5.74, 6) is 0.250. The van der Waals surface area contributed by atoms with E-state index in [1.54, 1.807) is 19.4 Å². The van der Waals surface area contributed by atoms with Crippen molar-refractivity contribution in [2.24, 2.45) is 0 Å². The summed E-state index contributed by atoms with van der Waals surface area (Å²) in [5.41, 5.74) is 5.95. The zero-order valence-corrected chi connectivity index (χ0v) is 22.7. The van der Waals surface area contributed by atoms with E-state index in [4.69, 9.17) is 23.7 Å². The summed E-state index contributed by atoms with van der Waals surface area (Å²) < 4.78 is 27.2. The summed E-state index contributed by atoms with van der Waals surface area (Å²) in [6.07, 6.45) is 4.77. The van der Waals surface area contributed by atoms with Gasteiger partial charge in [-0.1, -0.05) is 35.9 Å². The lowest BCUT2D eigenvalue weighted by atomic mass is 9.97. The smallest absolute Gasteiger partial charge is 0.123 e. The topological polar surface area (TPSA) is 79.3 Å². The van der Waals surface area contributed by atoms with Crippen molar-refractivity contribution < 1.29 is 28.8 Å². The maximum absolute atomic E-state index is 10.5. The second-order valence-corrected chi connectivity index (χ2v) is 9.08. The van der Waals surface area contributed by atoms with Gasteiger partial charge in [-0.05, 0) is 67.1 Å². The predicted molar refractivity (Wildman–Crippen MR) is 149 cm³/mol. The lowest BCUT2D eigenvalue weighted by molar-refractivity contribution is 0.00304. The molecule has 0 spiro atoms. The summed E-state index contributed by atoms with van der Waals surface area (Å²) in [6.45, 7) is 7.44. The van der Waals surface area contributed by atoms with Crippen LogP contribution in [0.15, 0.2) is 60.8 Å². The van der Waals surface area contributed by atoms with Crippen LogP contribution >= 0.6 is 0 Å². The Labute approximate surface area is 226 Å². The number of aromatic hydroxyl groups is 1. The quantitative estimate of drug-likeness (QED) is 0.199. The highest BCUT2D eigenvalue weighted by molar-refractivity contribution is 5.77. The third kappa shape index (κ3) is 10.9. The van der Waals surface area contributed by atoms with Gasteiger partial charge in [-0.15, -0.1) is 0 Å². The van der Waals surface area contributed by atoms with E-state index in [1.165, 1.54) is 5.56 Å². The second kappa shape index (κ2) is 17.7. The molecule has 7 nitrogen and oxygen atoms in total. The first kappa shape index (κ1) is 29.7. The fourth-order valence-electron chi connectivity index (χ4n) is 3.94. The zero-order valence-electron chi connectivity index (χ0n) is 22.7. The Kier molecular flexibility index (Phi) is 13.8. The van der Waals surface area contributed by atoms with E-state index >= 15 is 0 Å². The molecule has 2 aromatic carbocycles. The number of pyridine rings is 1. The number of benzene rings is 2. The van der Waals surface area contributed by atoms with Crippen molar-refractivity contribution in [3.63, 3.8) is 0 Å². The molecule has 206 valence electrons. The minimum absolute atomic E-state index is 0.250. The molecule has 0 aliphatic carbocycles. The molecule has 0 amide bonds. The number of aryl methyl sites for hydroxylation is 1. The lowest BCUT2D eigenvalue weighted by Gasteiger charge is -2.11. The van der Waals surface area contributed by atoms with Gasteiger partial charge < -0.3 is 28.8 Å². The van der Waals surface area contributed by atoms with Gasteiger partial charge in [0.25, 0.3) is 0 Å². The van der Waals surface area contributed by atoms with Crippen LogP contribution < -0.4 is 0 Å². The Morgan fingerprint density at radius 1 is 0.658 bits per heavy atom. The van der Waals surface area contributed by atoms with Crippen LogP contribution in [-0.4, -0.2) is 70.1 Å². The molecule has 0 unspecified atom stereocenters. The number of hydrogen-bond acceptors (Lipinski definition) is 7. The van der Waals surface area contributed by atoms with Crippen LogP contribution in [-0.2, 0) is 30.3 Å². The molecule has 0 atom stereocenters. The van der Waals surface area contributed by atoms with Crippen molar-refractivity contribution in [1.82, 2.24) is 4.98 Å². The average Bonchev–Trinajstić information content (AvgIpc) is 2.93. The van der Waals surface area contributed by atoms with Gasteiger partial charge in [0.1, 0.15) is 5.75 Å². The standard InChI is InChI=1S/C31H41NO6/c1-25-7-6-8-26(21-25)27-9-10-31(33)30(23-27)28-11-12-32-29(22-28)24-38-14-5-3-4-13-35-17-18-37-20-19-36-16-15-34-2/h6-12,21-23,33H,3-5,13-20,24H2,1-2H3. The highest BCUT2D eigenvalue weighted by atomic mass is 16.6. The Balaban J connectivity index is 1.30. The Hall–Kier alpha value is -2.81. The number of nitrogens with zero attached hydrogens (tertiary/aromatic N) is 1. The molecule has 38 heavy (non-hydrogen) atoms. The number of hydrogen-bond donors (Lipinski definition) is 1. The molecule has 0 radical (unpaired) electrons. The number of unbranched alkanes of at least 4 members (excludes halogenated alkanes) is 2. The number of phenols is 1. The van der Waals surface area contributed by atoms with E-state index in [9.17, 15) is 5.11 Å². The van der Waals surface area contributed by atoms with Crippen LogP contribution in [0.5, 0.6) is 5.75 Å². The van der Waals surface area contributed by atoms with Crippen molar-refractivity contribution in [3.8, 4) is 28.0 Å². The first-order valence-electron chi connectivity index (χ1n) is 13.3. The van der Waals surface area contributed by atoms with Crippen LogP contribution in [0, 0.1) is 6.92 Å². The second-order valence-electron chi connectivity index (χ2n) is 9.08. The summed E-state index contributed by atoms with van der Waals surface area (Å²) >= 11 is 0. The average molecular weight is 524 g/mol. The van der Waals surface area contributed by atoms with E-state index in [2.05, 4.69) is 30.1 Å². The van der Waals surface area contributed by atoms with Crippen molar-refractivity contribution in [1.29, 1.82) is 0 Å². The molecule has 0 fully saturated rings. The molecule has 3 aromatic rings. The van der Waals surface area contributed by atoms with Gasteiger partial charge in [0.15, 0.2) is 0 Å². The van der Waals surface area contributed by atoms with Gasteiger partial charge in [-0.3, -0.25) is 4.98 Å². The molecule has 3 rings (SSSR count). The molecule has 1 heterocycles. The summed E-state index contributed by atoms with van der Waals surface area (Å²) in [4.78, 5) is 4.44. The van der Waals surface area contributed by atoms with Crippen molar-refractivity contribution in [2.45, 2.75) is 32.8 Å². The number of phenolic OH excluding ortho intramolecular Hbond substituents is 1. The van der Waals surface area contributed by atoms with Crippen LogP contribution in [0.4, 0.5) is 0 Å². The van der Waals surface area contributed by atoms with Crippen LogP contribution in [0.25, 0.3) is 22.3 Å². The minimum Gasteiger partial charge on any atom is -0.507 e. The molecule has 1 aromatic heterocycles. The number of aromatic nitrogens is 1. The van der Waals surface area contributed by atoms with Crippen molar-refractivity contribution >= 4 is 0 Å². The van der Waals surface area contributed by atoms with E-state index in [1.807, 2.05) is 30.3 Å². The number of rotatable bonds is 19. The van der Waals surface area contributed by atoms with E-state index in [0.717, 1.165) is 53.8 Å². The molecular formula is C31H41NO6. The van der Waals surface area contributed by atoms with Crippen LogP contribution in [0.1, 0.15) is 30.5 Å². The number of ether oxygens (including phenoxy) is 5. The third-order valence-corrected chi connectivity index (χ3v) is 5.98. The molecule has 0 bridgehead atoms. The summed E-state index contributed by atoms with van der Waals surface area (Å²) in [7, 11) is 1.66. The summed E-state index contributed by atoms with van der Waals surface area (Å²) in [6, 6.07) is 18.0. The highest BCUT2D eigenvalue weighted by Crippen LogP contribution is 2.34. The molecule has 1 N–H and O–H groups in total. The van der Waals surface area contributed by atoms with Gasteiger partial charge in [0, 0.05) is 32.1 Å². The van der Waals surface area contributed by atoms with Crippen LogP contribution in [0.3, 0.4) is 0 Å².